The molecule has 20 heavy (non-hydrogen) atoms. The lowest BCUT2D eigenvalue weighted by molar-refractivity contribution is -0.141. The van der Waals surface area contributed by atoms with Crippen LogP contribution in [0.4, 0.5) is 0 Å². The zero-order valence-corrected chi connectivity index (χ0v) is 13.7. The van der Waals surface area contributed by atoms with E-state index in [4.69, 9.17) is 0 Å². The molecule has 2 rings (SSSR count). The number of rotatable bonds is 3. The molecule has 1 N–H and O–H groups in total. The van der Waals surface area contributed by atoms with E-state index < -0.39 is 12.0 Å². The lowest BCUT2D eigenvalue weighted by Gasteiger charge is -2.27. The average Bonchev–Trinajstić information content (AvgIpc) is 2.81. The Balaban J connectivity index is 2.36. The maximum absolute atomic E-state index is 12.7. The predicted molar refractivity (Wildman–Crippen MR) is 83.0 cm³/mol. The number of halogens is 1. The molecule has 1 aromatic rings. The third-order valence-corrected chi connectivity index (χ3v) is 5.43. The third kappa shape index (κ3) is 2.86. The van der Waals surface area contributed by atoms with Crippen molar-refractivity contribution in [2.45, 2.75) is 31.7 Å². The van der Waals surface area contributed by atoms with Crippen molar-refractivity contribution in [2.75, 3.05) is 5.75 Å². The summed E-state index contributed by atoms with van der Waals surface area (Å²) >= 11 is 4.92. The van der Waals surface area contributed by atoms with Crippen LogP contribution in [-0.2, 0) is 4.79 Å². The van der Waals surface area contributed by atoms with Crippen molar-refractivity contribution in [3.63, 3.8) is 0 Å². The Kier molecular flexibility index (Phi) is 4.75. The molecule has 0 radical (unpaired) electrons. The first-order valence-corrected chi connectivity index (χ1v) is 8.23. The molecular weight excluding hydrogens is 342 g/mol. The van der Waals surface area contributed by atoms with E-state index in [1.807, 2.05) is 26.0 Å². The average molecular weight is 358 g/mol. The zero-order chi connectivity index (χ0) is 14.9. The number of aliphatic carboxylic acids is 1. The van der Waals surface area contributed by atoms with Gasteiger partial charge in [0.2, 0.25) is 0 Å². The summed E-state index contributed by atoms with van der Waals surface area (Å²) in [4.78, 5) is 25.5. The zero-order valence-electron chi connectivity index (χ0n) is 11.3. The van der Waals surface area contributed by atoms with Gasteiger partial charge in [-0.25, -0.2) is 4.79 Å². The van der Waals surface area contributed by atoms with Crippen molar-refractivity contribution in [2.24, 2.45) is 0 Å². The predicted octanol–water partition coefficient (Wildman–Crippen LogP) is 3.14. The number of hydrogen-bond acceptors (Lipinski definition) is 3. The quantitative estimate of drug-likeness (QED) is 0.902. The van der Waals surface area contributed by atoms with Crippen molar-refractivity contribution in [3.8, 4) is 0 Å². The van der Waals surface area contributed by atoms with Crippen LogP contribution >= 0.6 is 27.7 Å². The summed E-state index contributed by atoms with van der Waals surface area (Å²) in [5.74, 6) is -0.713. The fourth-order valence-electron chi connectivity index (χ4n) is 2.27. The highest BCUT2D eigenvalue weighted by molar-refractivity contribution is 9.10. The minimum absolute atomic E-state index is 0.0724. The van der Waals surface area contributed by atoms with Gasteiger partial charge in [0.1, 0.15) is 6.04 Å². The van der Waals surface area contributed by atoms with Crippen LogP contribution in [0.25, 0.3) is 0 Å². The first-order valence-electron chi connectivity index (χ1n) is 6.39. The molecule has 0 aromatic heterocycles. The van der Waals surface area contributed by atoms with Crippen molar-refractivity contribution < 1.29 is 14.7 Å². The molecule has 1 amide bonds. The second kappa shape index (κ2) is 6.18. The molecule has 1 fully saturated rings. The molecule has 0 aliphatic carbocycles. The van der Waals surface area contributed by atoms with Crippen molar-refractivity contribution in [1.29, 1.82) is 0 Å². The Labute approximate surface area is 130 Å². The standard InChI is InChI=1S/C14H16BrNO3S/c1-3-12-16(11(7-20-12)14(18)19)13(17)9-5-4-8(2)6-10(9)15/h4-6,11-12H,3,7H2,1-2H3,(H,18,19). The lowest BCUT2D eigenvalue weighted by Crippen LogP contribution is -2.45. The van der Waals surface area contributed by atoms with E-state index in [9.17, 15) is 14.7 Å². The van der Waals surface area contributed by atoms with E-state index in [2.05, 4.69) is 15.9 Å². The van der Waals surface area contributed by atoms with Crippen LogP contribution < -0.4 is 0 Å². The molecule has 1 aromatic carbocycles. The van der Waals surface area contributed by atoms with E-state index in [0.29, 0.717) is 15.8 Å². The Hall–Kier alpha value is -1.01. The molecular formula is C14H16BrNO3S. The van der Waals surface area contributed by atoms with Crippen molar-refractivity contribution >= 4 is 39.6 Å². The number of carbonyl (C=O) groups excluding carboxylic acids is 1. The van der Waals surface area contributed by atoms with E-state index in [1.54, 1.807) is 6.07 Å². The largest absolute Gasteiger partial charge is 0.480 e. The molecule has 0 bridgehead atoms. The van der Waals surface area contributed by atoms with Crippen LogP contribution in [0.5, 0.6) is 0 Å². The lowest BCUT2D eigenvalue weighted by atomic mass is 10.1. The van der Waals surface area contributed by atoms with Crippen LogP contribution in [-0.4, -0.2) is 39.1 Å². The minimum Gasteiger partial charge on any atom is -0.480 e. The molecule has 6 heteroatoms. The summed E-state index contributed by atoms with van der Waals surface area (Å²) in [7, 11) is 0. The maximum Gasteiger partial charge on any atom is 0.327 e. The van der Waals surface area contributed by atoms with Crippen molar-refractivity contribution in [3.05, 3.63) is 33.8 Å². The van der Waals surface area contributed by atoms with Gasteiger partial charge < -0.3 is 10.0 Å². The molecule has 2 atom stereocenters. The fraction of sp³-hybridized carbons (Fsp3) is 0.429. The molecule has 1 aliphatic rings. The van der Waals surface area contributed by atoms with Gasteiger partial charge in [-0.05, 0) is 47.0 Å². The Bertz CT molecular complexity index is 549. The van der Waals surface area contributed by atoms with Gasteiger partial charge in [-0.15, -0.1) is 11.8 Å². The van der Waals surface area contributed by atoms with Crippen LogP contribution in [0, 0.1) is 6.92 Å². The van der Waals surface area contributed by atoms with Gasteiger partial charge in [-0.1, -0.05) is 13.0 Å². The number of carbonyl (C=O) groups is 2. The summed E-state index contributed by atoms with van der Waals surface area (Å²) < 4.78 is 0.707. The van der Waals surface area contributed by atoms with Gasteiger partial charge in [0.15, 0.2) is 0 Å². The Morgan fingerprint density at radius 1 is 1.50 bits per heavy atom. The van der Waals surface area contributed by atoms with Gasteiger partial charge in [-0.3, -0.25) is 4.79 Å². The molecule has 0 saturated carbocycles. The third-order valence-electron chi connectivity index (χ3n) is 3.32. The fourth-order valence-corrected chi connectivity index (χ4v) is 4.28. The highest BCUT2D eigenvalue weighted by Crippen LogP contribution is 2.34. The van der Waals surface area contributed by atoms with Gasteiger partial charge in [-0.2, -0.15) is 0 Å². The van der Waals surface area contributed by atoms with Gasteiger partial charge in [0.25, 0.3) is 5.91 Å². The van der Waals surface area contributed by atoms with E-state index in [-0.39, 0.29) is 11.3 Å². The summed E-state index contributed by atoms with van der Waals surface area (Å²) in [6, 6.07) is 4.73. The monoisotopic (exact) mass is 357 g/mol. The van der Waals surface area contributed by atoms with Crippen LogP contribution in [0.15, 0.2) is 22.7 Å². The van der Waals surface area contributed by atoms with Gasteiger partial charge in [0, 0.05) is 10.2 Å². The number of thioether (sulfide) groups is 1. The molecule has 1 saturated heterocycles. The summed E-state index contributed by atoms with van der Waals surface area (Å²) in [6.45, 7) is 3.91. The summed E-state index contributed by atoms with van der Waals surface area (Å²) in [5.41, 5.74) is 1.56. The number of benzene rings is 1. The summed E-state index contributed by atoms with van der Waals surface area (Å²) in [6.07, 6.45) is 0.740. The number of amides is 1. The minimum atomic E-state index is -0.940. The smallest absolute Gasteiger partial charge is 0.327 e. The van der Waals surface area contributed by atoms with E-state index in [0.717, 1.165) is 12.0 Å². The van der Waals surface area contributed by atoms with Crippen LogP contribution in [0.2, 0.25) is 0 Å². The highest BCUT2D eigenvalue weighted by Gasteiger charge is 2.41. The number of nitrogens with zero attached hydrogens (tertiary/aromatic N) is 1. The maximum atomic E-state index is 12.7. The van der Waals surface area contributed by atoms with E-state index >= 15 is 0 Å². The van der Waals surface area contributed by atoms with Crippen LogP contribution in [0.3, 0.4) is 0 Å². The van der Waals surface area contributed by atoms with Gasteiger partial charge in [0.05, 0.1) is 10.9 Å². The van der Waals surface area contributed by atoms with Crippen molar-refractivity contribution in [1.82, 2.24) is 4.90 Å². The second-order valence-electron chi connectivity index (χ2n) is 4.75. The molecule has 2 unspecified atom stereocenters. The topological polar surface area (TPSA) is 57.6 Å². The molecule has 1 heterocycles. The Morgan fingerprint density at radius 2 is 2.20 bits per heavy atom. The number of aryl methyl sites for hydroxylation is 1. The Morgan fingerprint density at radius 3 is 2.75 bits per heavy atom. The SMILES string of the molecule is CCC1SCC(C(=O)O)N1C(=O)c1ccc(C)cc1Br. The highest BCUT2D eigenvalue weighted by atomic mass is 79.9. The number of hydrogen-bond donors (Lipinski definition) is 1. The molecule has 4 nitrogen and oxygen atoms in total. The second-order valence-corrected chi connectivity index (χ2v) is 6.81. The molecule has 1 aliphatic heterocycles. The normalized spacial score (nSPS) is 22.1. The first kappa shape index (κ1) is 15.4. The van der Waals surface area contributed by atoms with Gasteiger partial charge >= 0.3 is 5.97 Å². The molecule has 108 valence electrons. The summed E-state index contributed by atoms with van der Waals surface area (Å²) in [5, 5.41) is 9.21. The van der Waals surface area contributed by atoms with Crippen LogP contribution in [0.1, 0.15) is 29.3 Å². The van der Waals surface area contributed by atoms with E-state index in [1.165, 1.54) is 16.7 Å². The molecule has 0 spiro atoms. The first-order chi connectivity index (χ1) is 9.45. The number of carboxylic acid groups (broad SMARTS) is 1. The number of carboxylic acids is 1.